The lowest BCUT2D eigenvalue weighted by Gasteiger charge is -2.34. The van der Waals surface area contributed by atoms with E-state index in [4.69, 9.17) is 10.5 Å². The molecular formula is C11H19N3O3S. The zero-order valence-corrected chi connectivity index (χ0v) is 11.9. The maximum atomic E-state index is 11.8. The Balaban J connectivity index is 3.15. The number of rotatable bonds is 5. The average molecular weight is 273 g/mol. The molecule has 7 heteroatoms. The summed E-state index contributed by atoms with van der Waals surface area (Å²) in [5, 5.41) is 9.96. The van der Waals surface area contributed by atoms with Gasteiger partial charge in [0.15, 0.2) is 5.82 Å². The number of nitrogens with two attached hydrogens (primary N) is 1. The smallest absolute Gasteiger partial charge is 0.345 e. The average Bonchev–Trinajstić information content (AvgIpc) is 2.70. The Hall–Kier alpha value is -1.34. The number of hydrogen-bond donors (Lipinski definition) is 2. The first-order chi connectivity index (χ1) is 8.35. The number of ether oxygens (including phenoxy) is 1. The second-order valence-electron chi connectivity index (χ2n) is 4.50. The highest BCUT2D eigenvalue weighted by Crippen LogP contribution is 2.34. The van der Waals surface area contributed by atoms with E-state index in [0.29, 0.717) is 5.00 Å². The van der Waals surface area contributed by atoms with Crippen molar-refractivity contribution >= 4 is 28.3 Å². The third kappa shape index (κ3) is 2.73. The number of esters is 1. The molecule has 1 aromatic rings. The van der Waals surface area contributed by atoms with Crippen LogP contribution in [0.1, 0.15) is 31.1 Å². The van der Waals surface area contributed by atoms with E-state index in [1.54, 1.807) is 18.9 Å². The molecule has 0 amide bonds. The second kappa shape index (κ2) is 5.53. The maximum Gasteiger partial charge on any atom is 0.345 e. The number of aliphatic hydroxyl groups is 1. The molecule has 0 spiro atoms. The fraction of sp³-hybridized carbons (Fsp3) is 0.636. The van der Waals surface area contributed by atoms with Crippen molar-refractivity contribution in [2.75, 3.05) is 30.9 Å². The standard InChI is InChI=1S/C11H19N3O3S/c1-5-17-10(16)7-8(12)13-18-9(7)14(4)11(2,3)6-15/h15H,5-6H2,1-4H3,(H2,12,13). The molecule has 1 heterocycles. The quantitative estimate of drug-likeness (QED) is 0.781. The molecule has 102 valence electrons. The molecule has 0 fully saturated rings. The zero-order chi connectivity index (χ0) is 13.9. The van der Waals surface area contributed by atoms with Gasteiger partial charge in [-0.15, -0.1) is 0 Å². The molecule has 0 atom stereocenters. The highest BCUT2D eigenvalue weighted by molar-refractivity contribution is 7.11. The van der Waals surface area contributed by atoms with Gasteiger partial charge in [-0.3, -0.25) is 0 Å². The number of anilines is 2. The van der Waals surface area contributed by atoms with Crippen LogP contribution in [0.15, 0.2) is 0 Å². The molecule has 0 saturated heterocycles. The summed E-state index contributed by atoms with van der Waals surface area (Å²) in [7, 11) is 1.78. The number of carbonyl (C=O) groups is 1. The third-order valence-electron chi connectivity index (χ3n) is 2.78. The number of nitrogens with zero attached hydrogens (tertiary/aromatic N) is 2. The van der Waals surface area contributed by atoms with Gasteiger partial charge < -0.3 is 20.5 Å². The molecule has 0 bridgehead atoms. The van der Waals surface area contributed by atoms with Gasteiger partial charge in [-0.1, -0.05) is 0 Å². The molecule has 1 aromatic heterocycles. The van der Waals surface area contributed by atoms with Crippen LogP contribution in [-0.4, -0.2) is 41.2 Å². The largest absolute Gasteiger partial charge is 0.462 e. The van der Waals surface area contributed by atoms with E-state index >= 15 is 0 Å². The van der Waals surface area contributed by atoms with Crippen molar-refractivity contribution in [1.82, 2.24) is 4.37 Å². The maximum absolute atomic E-state index is 11.8. The highest BCUT2D eigenvalue weighted by atomic mass is 32.1. The van der Waals surface area contributed by atoms with E-state index in [1.807, 2.05) is 13.8 Å². The van der Waals surface area contributed by atoms with Crippen LogP contribution in [0.4, 0.5) is 10.8 Å². The molecule has 0 aliphatic rings. The van der Waals surface area contributed by atoms with Gasteiger partial charge in [-0.05, 0) is 32.3 Å². The van der Waals surface area contributed by atoms with Crippen molar-refractivity contribution in [1.29, 1.82) is 0 Å². The first-order valence-corrected chi connectivity index (χ1v) is 6.39. The number of carbonyl (C=O) groups excluding carboxylic acids is 1. The molecule has 1 rings (SSSR count). The van der Waals surface area contributed by atoms with Crippen LogP contribution in [0.3, 0.4) is 0 Å². The van der Waals surface area contributed by atoms with Gasteiger partial charge in [0.05, 0.1) is 18.8 Å². The van der Waals surface area contributed by atoms with Gasteiger partial charge in [-0.25, -0.2) is 4.79 Å². The lowest BCUT2D eigenvalue weighted by molar-refractivity contribution is 0.0528. The Bertz CT molecular complexity index is 431. The summed E-state index contributed by atoms with van der Waals surface area (Å²) in [6.07, 6.45) is 0. The van der Waals surface area contributed by atoms with E-state index in [-0.39, 0.29) is 24.6 Å². The lowest BCUT2D eigenvalue weighted by Crippen LogP contribution is -2.44. The SMILES string of the molecule is CCOC(=O)c1c(N)nsc1N(C)C(C)(C)CO. The van der Waals surface area contributed by atoms with Gasteiger partial charge >= 0.3 is 5.97 Å². The van der Waals surface area contributed by atoms with Crippen LogP contribution in [0, 0.1) is 0 Å². The summed E-state index contributed by atoms with van der Waals surface area (Å²) in [6, 6.07) is 0. The van der Waals surface area contributed by atoms with E-state index < -0.39 is 11.5 Å². The Morgan fingerprint density at radius 2 is 2.22 bits per heavy atom. The summed E-state index contributed by atoms with van der Waals surface area (Å²) in [5.74, 6) is -0.326. The van der Waals surface area contributed by atoms with Crippen molar-refractivity contribution in [3.8, 4) is 0 Å². The second-order valence-corrected chi connectivity index (χ2v) is 5.25. The minimum Gasteiger partial charge on any atom is -0.462 e. The fourth-order valence-corrected chi connectivity index (χ4v) is 2.22. The van der Waals surface area contributed by atoms with Crippen molar-refractivity contribution in [2.24, 2.45) is 0 Å². The summed E-state index contributed by atoms with van der Waals surface area (Å²) in [6.45, 7) is 5.68. The Morgan fingerprint density at radius 1 is 1.61 bits per heavy atom. The summed E-state index contributed by atoms with van der Waals surface area (Å²) >= 11 is 1.12. The number of likely N-dealkylation sites (N-methyl/N-ethyl adjacent to an activating group) is 1. The molecular weight excluding hydrogens is 254 g/mol. The highest BCUT2D eigenvalue weighted by Gasteiger charge is 2.30. The number of aliphatic hydroxyl groups excluding tert-OH is 1. The van der Waals surface area contributed by atoms with E-state index in [2.05, 4.69) is 4.37 Å². The first kappa shape index (κ1) is 14.7. The van der Waals surface area contributed by atoms with Gasteiger partial charge in [-0.2, -0.15) is 4.37 Å². The predicted molar refractivity (Wildman–Crippen MR) is 72.1 cm³/mol. The van der Waals surface area contributed by atoms with Crippen molar-refractivity contribution in [3.63, 3.8) is 0 Å². The summed E-state index contributed by atoms with van der Waals surface area (Å²) < 4.78 is 8.95. The Labute approximate surface area is 111 Å². The molecule has 0 aromatic carbocycles. The van der Waals surface area contributed by atoms with Crippen LogP contribution < -0.4 is 10.6 Å². The summed E-state index contributed by atoms with van der Waals surface area (Å²) in [5.41, 5.74) is 5.46. The number of aromatic nitrogens is 1. The predicted octanol–water partition coefficient (Wildman–Crippen LogP) is 1.11. The topological polar surface area (TPSA) is 88.7 Å². The van der Waals surface area contributed by atoms with Crippen molar-refractivity contribution < 1.29 is 14.6 Å². The van der Waals surface area contributed by atoms with E-state index in [1.165, 1.54) is 0 Å². The molecule has 18 heavy (non-hydrogen) atoms. The minimum atomic E-state index is -0.514. The fourth-order valence-electron chi connectivity index (χ4n) is 1.30. The Kier molecular flexibility index (Phi) is 4.53. The van der Waals surface area contributed by atoms with Crippen molar-refractivity contribution in [3.05, 3.63) is 5.56 Å². The van der Waals surface area contributed by atoms with Crippen molar-refractivity contribution in [2.45, 2.75) is 26.3 Å². The molecule has 0 unspecified atom stereocenters. The van der Waals surface area contributed by atoms with Crippen LogP contribution in [0.2, 0.25) is 0 Å². The van der Waals surface area contributed by atoms with E-state index in [0.717, 1.165) is 11.5 Å². The molecule has 0 saturated carbocycles. The third-order valence-corrected chi connectivity index (χ3v) is 3.72. The van der Waals surface area contributed by atoms with Crippen LogP contribution >= 0.6 is 11.5 Å². The monoisotopic (exact) mass is 273 g/mol. The van der Waals surface area contributed by atoms with Gasteiger partial charge in [0.25, 0.3) is 0 Å². The molecule has 0 radical (unpaired) electrons. The lowest BCUT2D eigenvalue weighted by atomic mass is 10.1. The molecule has 0 aliphatic carbocycles. The summed E-state index contributed by atoms with van der Waals surface area (Å²) in [4.78, 5) is 13.6. The normalized spacial score (nSPS) is 11.4. The first-order valence-electron chi connectivity index (χ1n) is 5.62. The van der Waals surface area contributed by atoms with Gasteiger partial charge in [0, 0.05) is 7.05 Å². The van der Waals surface area contributed by atoms with Crippen LogP contribution in [-0.2, 0) is 4.74 Å². The van der Waals surface area contributed by atoms with Gasteiger partial charge in [0.1, 0.15) is 10.6 Å². The zero-order valence-electron chi connectivity index (χ0n) is 11.1. The molecule has 3 N–H and O–H groups in total. The molecule has 6 nitrogen and oxygen atoms in total. The van der Waals surface area contributed by atoms with Crippen LogP contribution in [0.25, 0.3) is 0 Å². The Morgan fingerprint density at radius 3 is 2.72 bits per heavy atom. The number of nitrogen functional groups attached to an aromatic ring is 1. The van der Waals surface area contributed by atoms with Crippen LogP contribution in [0.5, 0.6) is 0 Å². The number of hydrogen-bond acceptors (Lipinski definition) is 7. The minimum absolute atomic E-state index is 0.0520. The van der Waals surface area contributed by atoms with Gasteiger partial charge in [0.2, 0.25) is 0 Å². The molecule has 0 aliphatic heterocycles. The van der Waals surface area contributed by atoms with E-state index in [9.17, 15) is 9.90 Å².